The van der Waals surface area contributed by atoms with Crippen molar-refractivity contribution >= 4 is 28.8 Å². The number of nitrogens with two attached hydrogens (primary N) is 2. The van der Waals surface area contributed by atoms with E-state index in [0.29, 0.717) is 11.4 Å². The van der Waals surface area contributed by atoms with Crippen molar-refractivity contribution in [1.82, 2.24) is 4.98 Å². The van der Waals surface area contributed by atoms with E-state index in [0.717, 1.165) is 10.6 Å². The number of anilines is 1. The molecular formula is C14H16N4O2S. The summed E-state index contributed by atoms with van der Waals surface area (Å²) in [6.07, 6.45) is 0.179. The summed E-state index contributed by atoms with van der Waals surface area (Å²) in [5.74, 6) is -0.682. The van der Waals surface area contributed by atoms with Crippen LogP contribution in [0.25, 0.3) is 0 Å². The van der Waals surface area contributed by atoms with Gasteiger partial charge in [-0.15, -0.1) is 11.3 Å². The Morgan fingerprint density at radius 3 is 2.52 bits per heavy atom. The second kappa shape index (κ2) is 6.47. The average Bonchev–Trinajstić information content (AvgIpc) is 2.90. The van der Waals surface area contributed by atoms with Crippen molar-refractivity contribution in [3.8, 4) is 0 Å². The molecule has 0 aliphatic rings. The summed E-state index contributed by atoms with van der Waals surface area (Å²) in [5.41, 5.74) is 12.6. The van der Waals surface area contributed by atoms with Gasteiger partial charge in [-0.2, -0.15) is 0 Å². The first-order valence-corrected chi connectivity index (χ1v) is 7.23. The molecule has 0 aliphatic carbocycles. The van der Waals surface area contributed by atoms with Crippen LogP contribution in [0.5, 0.6) is 0 Å². The number of benzene rings is 1. The Kier molecular flexibility index (Phi) is 4.66. The lowest BCUT2D eigenvalue weighted by Gasteiger charge is -2.04. The second-order valence-corrected chi connectivity index (χ2v) is 5.54. The first-order valence-electron chi connectivity index (χ1n) is 6.35. The highest BCUT2D eigenvalue weighted by atomic mass is 32.1. The molecule has 110 valence electrons. The number of nitrogens with zero attached hydrogens (tertiary/aromatic N) is 1. The maximum absolute atomic E-state index is 12.0. The Labute approximate surface area is 126 Å². The van der Waals surface area contributed by atoms with Gasteiger partial charge in [0.1, 0.15) is 10.7 Å². The number of amides is 2. The Morgan fingerprint density at radius 2 is 2.00 bits per heavy atom. The molecule has 2 aromatic rings. The molecule has 0 bridgehead atoms. The molecule has 1 heterocycles. The van der Waals surface area contributed by atoms with Gasteiger partial charge >= 0.3 is 0 Å². The largest absolute Gasteiger partial charge is 0.369 e. The Balaban J connectivity index is 2.03. The fraction of sp³-hybridized carbons (Fsp3) is 0.214. The van der Waals surface area contributed by atoms with E-state index in [1.54, 1.807) is 29.6 Å². The molecule has 1 aromatic carbocycles. The number of rotatable bonds is 5. The minimum Gasteiger partial charge on any atom is -0.369 e. The van der Waals surface area contributed by atoms with E-state index in [-0.39, 0.29) is 18.4 Å². The van der Waals surface area contributed by atoms with Gasteiger partial charge in [-0.1, -0.05) is 12.1 Å². The molecule has 0 radical (unpaired) electrons. The molecule has 0 saturated heterocycles. The Bertz CT molecular complexity index is 649. The summed E-state index contributed by atoms with van der Waals surface area (Å²) in [6, 6.07) is 6.73. The van der Waals surface area contributed by atoms with Crippen molar-refractivity contribution in [1.29, 1.82) is 0 Å². The number of carbonyl (C=O) groups is 2. The van der Waals surface area contributed by atoms with Crippen LogP contribution in [-0.2, 0) is 11.2 Å². The lowest BCUT2D eigenvalue weighted by Crippen LogP contribution is -2.14. The van der Waals surface area contributed by atoms with Crippen molar-refractivity contribution in [2.45, 2.75) is 19.4 Å². The van der Waals surface area contributed by atoms with E-state index < -0.39 is 5.91 Å². The molecule has 0 saturated carbocycles. The normalized spacial score (nSPS) is 11.9. The van der Waals surface area contributed by atoms with E-state index in [9.17, 15) is 9.59 Å². The Morgan fingerprint density at radius 1 is 1.33 bits per heavy atom. The van der Waals surface area contributed by atoms with Crippen LogP contribution in [0.3, 0.4) is 0 Å². The van der Waals surface area contributed by atoms with E-state index in [1.807, 2.05) is 6.92 Å². The molecule has 1 aromatic heterocycles. The zero-order chi connectivity index (χ0) is 15.4. The van der Waals surface area contributed by atoms with Gasteiger partial charge in [0.15, 0.2) is 0 Å². The number of thiazole rings is 1. The summed E-state index contributed by atoms with van der Waals surface area (Å²) in [6.45, 7) is 1.82. The summed E-state index contributed by atoms with van der Waals surface area (Å²) >= 11 is 1.36. The molecule has 7 heteroatoms. The lowest BCUT2D eigenvalue weighted by molar-refractivity contribution is -0.117. The molecule has 1 unspecified atom stereocenters. The van der Waals surface area contributed by atoms with Crippen LogP contribution in [0.15, 0.2) is 29.6 Å². The third-order valence-electron chi connectivity index (χ3n) is 2.73. The van der Waals surface area contributed by atoms with Gasteiger partial charge in [0.25, 0.3) is 5.91 Å². The molecule has 5 N–H and O–H groups in total. The van der Waals surface area contributed by atoms with Crippen LogP contribution in [0, 0.1) is 0 Å². The maximum Gasteiger partial charge on any atom is 0.275 e. The highest BCUT2D eigenvalue weighted by Crippen LogP contribution is 2.17. The van der Waals surface area contributed by atoms with Gasteiger partial charge in [0, 0.05) is 11.1 Å². The summed E-state index contributed by atoms with van der Waals surface area (Å²) in [5, 5.41) is 5.13. The van der Waals surface area contributed by atoms with Gasteiger partial charge in [-0.05, 0) is 24.6 Å². The maximum atomic E-state index is 12.0. The summed E-state index contributed by atoms with van der Waals surface area (Å²) in [4.78, 5) is 27.0. The van der Waals surface area contributed by atoms with Crippen LogP contribution in [0.2, 0.25) is 0 Å². The molecule has 0 spiro atoms. The third kappa shape index (κ3) is 4.11. The van der Waals surface area contributed by atoms with Crippen molar-refractivity contribution in [2.75, 3.05) is 5.32 Å². The lowest BCUT2D eigenvalue weighted by atomic mass is 10.1. The van der Waals surface area contributed by atoms with E-state index in [2.05, 4.69) is 10.3 Å². The smallest absolute Gasteiger partial charge is 0.275 e. The van der Waals surface area contributed by atoms with Crippen LogP contribution in [-0.4, -0.2) is 16.8 Å². The molecule has 0 aliphatic heterocycles. The molecule has 6 nitrogen and oxygen atoms in total. The number of hydrogen-bond donors (Lipinski definition) is 3. The topological polar surface area (TPSA) is 111 Å². The van der Waals surface area contributed by atoms with Gasteiger partial charge in [0.05, 0.1) is 12.5 Å². The second-order valence-electron chi connectivity index (χ2n) is 4.65. The van der Waals surface area contributed by atoms with E-state index in [1.165, 1.54) is 11.3 Å². The van der Waals surface area contributed by atoms with Gasteiger partial charge < -0.3 is 16.8 Å². The minimum atomic E-state index is -0.391. The average molecular weight is 304 g/mol. The van der Waals surface area contributed by atoms with Crippen molar-refractivity contribution in [2.24, 2.45) is 11.5 Å². The zero-order valence-electron chi connectivity index (χ0n) is 11.5. The quantitative estimate of drug-likeness (QED) is 0.776. The molecule has 21 heavy (non-hydrogen) atoms. The molecule has 2 rings (SSSR count). The van der Waals surface area contributed by atoms with Crippen molar-refractivity contribution in [3.63, 3.8) is 0 Å². The Hall–Kier alpha value is -2.25. The van der Waals surface area contributed by atoms with E-state index >= 15 is 0 Å². The minimum absolute atomic E-state index is 0.179. The van der Waals surface area contributed by atoms with Gasteiger partial charge in [-0.25, -0.2) is 4.98 Å². The first-order chi connectivity index (χ1) is 9.95. The molecular weight excluding hydrogens is 288 g/mol. The summed E-state index contributed by atoms with van der Waals surface area (Å²) in [7, 11) is 0. The fourth-order valence-electron chi connectivity index (χ4n) is 1.70. The number of aromatic nitrogens is 1. The SMILES string of the molecule is CC(N)c1nc(C(=O)Nc2ccc(CC(N)=O)cc2)cs1. The highest BCUT2D eigenvalue weighted by Gasteiger charge is 2.12. The predicted octanol–water partition coefficient (Wildman–Crippen LogP) is 1.44. The molecule has 1 atom stereocenters. The number of carbonyl (C=O) groups excluding carboxylic acids is 2. The van der Waals surface area contributed by atoms with Gasteiger partial charge in [0.2, 0.25) is 5.91 Å². The first kappa shape index (κ1) is 15.1. The van der Waals surface area contributed by atoms with Crippen LogP contribution < -0.4 is 16.8 Å². The van der Waals surface area contributed by atoms with Crippen LogP contribution >= 0.6 is 11.3 Å². The summed E-state index contributed by atoms with van der Waals surface area (Å²) < 4.78 is 0. The number of hydrogen-bond acceptors (Lipinski definition) is 5. The monoisotopic (exact) mass is 304 g/mol. The van der Waals surface area contributed by atoms with Crippen molar-refractivity contribution < 1.29 is 9.59 Å². The predicted molar refractivity (Wildman–Crippen MR) is 82.0 cm³/mol. The highest BCUT2D eigenvalue weighted by molar-refractivity contribution is 7.09. The number of primary amides is 1. The standard InChI is InChI=1S/C14H16N4O2S/c1-8(15)14-18-11(7-21-14)13(20)17-10-4-2-9(3-5-10)6-12(16)19/h2-5,7-8H,6,15H2,1H3,(H2,16,19)(H,17,20). The number of nitrogens with one attached hydrogen (secondary N) is 1. The van der Waals surface area contributed by atoms with Crippen molar-refractivity contribution in [3.05, 3.63) is 45.9 Å². The van der Waals surface area contributed by atoms with Crippen LogP contribution in [0.4, 0.5) is 5.69 Å². The third-order valence-corrected chi connectivity index (χ3v) is 3.78. The fourth-order valence-corrected chi connectivity index (χ4v) is 2.46. The van der Waals surface area contributed by atoms with E-state index in [4.69, 9.17) is 11.5 Å². The van der Waals surface area contributed by atoms with Crippen LogP contribution in [0.1, 0.15) is 34.0 Å². The molecule has 2 amide bonds. The zero-order valence-corrected chi connectivity index (χ0v) is 12.3. The van der Waals surface area contributed by atoms with Gasteiger partial charge in [-0.3, -0.25) is 9.59 Å². The molecule has 0 fully saturated rings.